The molecule has 0 fully saturated rings. The Labute approximate surface area is 66.4 Å². The maximum Gasteiger partial charge on any atom is 0.473 e. The van der Waals surface area contributed by atoms with Crippen molar-refractivity contribution in [1.29, 1.82) is 0 Å². The van der Waals surface area contributed by atoms with Gasteiger partial charge in [0, 0.05) is 0 Å². The van der Waals surface area contributed by atoms with Crippen LogP contribution in [0.25, 0.3) is 0 Å². The standard InChI is InChI=1S/C5H7F3N2O2/c1-2-12-3-9-10-4(11)5(6,7)8/h3H,2H2,1H3,(H,10,11). The number of ether oxygens (including phenoxy) is 1. The van der Waals surface area contributed by atoms with Crippen molar-refractivity contribution in [3.63, 3.8) is 0 Å². The molecule has 0 aromatic heterocycles. The molecule has 0 aliphatic rings. The Morgan fingerprint density at radius 3 is 2.67 bits per heavy atom. The molecule has 0 saturated heterocycles. The highest BCUT2D eigenvalue weighted by Crippen LogP contribution is 2.13. The molecule has 0 bridgehead atoms. The molecule has 70 valence electrons. The first-order chi connectivity index (χ1) is 5.48. The second kappa shape index (κ2) is 4.58. The number of carbonyl (C=O) groups is 1. The molecule has 0 atom stereocenters. The lowest BCUT2D eigenvalue weighted by Crippen LogP contribution is -2.33. The number of alkyl halides is 3. The molecule has 1 N–H and O–H groups in total. The average Bonchev–Trinajstić information content (AvgIpc) is 1.96. The maximum atomic E-state index is 11.4. The van der Waals surface area contributed by atoms with E-state index in [4.69, 9.17) is 0 Å². The topological polar surface area (TPSA) is 50.7 Å². The van der Waals surface area contributed by atoms with E-state index in [0.717, 1.165) is 6.40 Å². The number of halogens is 3. The van der Waals surface area contributed by atoms with Crippen LogP contribution in [0.5, 0.6) is 0 Å². The van der Waals surface area contributed by atoms with Crippen molar-refractivity contribution in [2.75, 3.05) is 6.61 Å². The Morgan fingerprint density at radius 2 is 2.25 bits per heavy atom. The van der Waals surface area contributed by atoms with Gasteiger partial charge in [0.1, 0.15) is 0 Å². The largest absolute Gasteiger partial charge is 0.482 e. The molecule has 0 aliphatic carbocycles. The van der Waals surface area contributed by atoms with Crippen LogP contribution in [0.4, 0.5) is 13.2 Å². The molecule has 0 unspecified atom stereocenters. The summed E-state index contributed by atoms with van der Waals surface area (Å²) >= 11 is 0. The van der Waals surface area contributed by atoms with E-state index in [1.807, 2.05) is 0 Å². The van der Waals surface area contributed by atoms with Gasteiger partial charge in [0.05, 0.1) is 6.61 Å². The summed E-state index contributed by atoms with van der Waals surface area (Å²) in [6.07, 6.45) is -4.19. The van der Waals surface area contributed by atoms with E-state index >= 15 is 0 Å². The van der Waals surface area contributed by atoms with E-state index in [9.17, 15) is 18.0 Å². The van der Waals surface area contributed by atoms with E-state index < -0.39 is 12.1 Å². The third-order valence-corrected chi connectivity index (χ3v) is 0.717. The van der Waals surface area contributed by atoms with Gasteiger partial charge < -0.3 is 4.74 Å². The normalized spacial score (nSPS) is 11.7. The molecule has 1 amide bonds. The number of rotatable bonds is 3. The number of amides is 1. The van der Waals surface area contributed by atoms with E-state index in [2.05, 4.69) is 9.84 Å². The highest BCUT2D eigenvalue weighted by Gasteiger charge is 2.38. The molecule has 0 heterocycles. The number of carbonyl (C=O) groups excluding carboxylic acids is 1. The molecular formula is C5H7F3N2O2. The van der Waals surface area contributed by atoms with Gasteiger partial charge in [-0.25, -0.2) is 5.43 Å². The summed E-state index contributed by atoms with van der Waals surface area (Å²) < 4.78 is 38.7. The quantitative estimate of drug-likeness (QED) is 0.397. The summed E-state index contributed by atoms with van der Waals surface area (Å²) in [5, 5.41) is 2.86. The highest BCUT2D eigenvalue weighted by molar-refractivity contribution is 5.81. The van der Waals surface area contributed by atoms with Crippen LogP contribution >= 0.6 is 0 Å². The molecule has 0 radical (unpaired) electrons. The first kappa shape index (κ1) is 10.7. The molecule has 7 heteroatoms. The van der Waals surface area contributed by atoms with Crippen LogP contribution in [0.3, 0.4) is 0 Å². The number of nitrogens with zero attached hydrogens (tertiary/aromatic N) is 1. The second-order valence-corrected chi connectivity index (χ2v) is 1.63. The van der Waals surface area contributed by atoms with Crippen molar-refractivity contribution in [1.82, 2.24) is 5.43 Å². The fourth-order valence-corrected chi connectivity index (χ4v) is 0.260. The minimum Gasteiger partial charge on any atom is -0.482 e. The third-order valence-electron chi connectivity index (χ3n) is 0.717. The van der Waals surface area contributed by atoms with Crippen molar-refractivity contribution in [3.05, 3.63) is 0 Å². The fourth-order valence-electron chi connectivity index (χ4n) is 0.260. The van der Waals surface area contributed by atoms with Gasteiger partial charge >= 0.3 is 12.1 Å². The van der Waals surface area contributed by atoms with Crippen molar-refractivity contribution >= 4 is 12.3 Å². The molecular weight excluding hydrogens is 177 g/mol. The Hall–Kier alpha value is -1.27. The van der Waals surface area contributed by atoms with Crippen LogP contribution in [0, 0.1) is 0 Å². The van der Waals surface area contributed by atoms with Gasteiger partial charge in [0.15, 0.2) is 6.40 Å². The summed E-state index contributed by atoms with van der Waals surface area (Å²) in [7, 11) is 0. The van der Waals surface area contributed by atoms with Crippen molar-refractivity contribution in [2.45, 2.75) is 13.1 Å². The molecule has 0 aromatic carbocycles. The molecule has 0 saturated carbocycles. The van der Waals surface area contributed by atoms with E-state index in [1.54, 1.807) is 6.92 Å². The van der Waals surface area contributed by atoms with E-state index in [1.165, 1.54) is 5.43 Å². The minimum atomic E-state index is -4.91. The lowest BCUT2D eigenvalue weighted by Gasteiger charge is -2.01. The van der Waals surface area contributed by atoms with Gasteiger partial charge in [0.2, 0.25) is 0 Å². The zero-order valence-electron chi connectivity index (χ0n) is 6.18. The molecule has 0 aromatic rings. The van der Waals surface area contributed by atoms with Crippen LogP contribution in [-0.4, -0.2) is 25.1 Å². The highest BCUT2D eigenvalue weighted by atomic mass is 19.4. The minimum absolute atomic E-state index is 0.269. The van der Waals surface area contributed by atoms with Crippen LogP contribution in [0.1, 0.15) is 6.92 Å². The monoisotopic (exact) mass is 184 g/mol. The van der Waals surface area contributed by atoms with Crippen LogP contribution in [0.2, 0.25) is 0 Å². The number of hydrogen-bond acceptors (Lipinski definition) is 3. The number of nitrogens with one attached hydrogen (secondary N) is 1. The Kier molecular flexibility index (Phi) is 4.09. The third kappa shape index (κ3) is 4.53. The van der Waals surface area contributed by atoms with Crippen LogP contribution in [-0.2, 0) is 9.53 Å². The SMILES string of the molecule is CCOC=NNC(=O)C(F)(F)F. The van der Waals surface area contributed by atoms with Gasteiger partial charge in [-0.05, 0) is 6.92 Å². The summed E-state index contributed by atoms with van der Waals surface area (Å²) in [6, 6.07) is 0. The molecule has 4 nitrogen and oxygen atoms in total. The molecule has 12 heavy (non-hydrogen) atoms. The van der Waals surface area contributed by atoms with Gasteiger partial charge in [-0.3, -0.25) is 4.79 Å². The fraction of sp³-hybridized carbons (Fsp3) is 0.600. The Morgan fingerprint density at radius 1 is 1.67 bits per heavy atom. The van der Waals surface area contributed by atoms with E-state index in [-0.39, 0.29) is 6.61 Å². The van der Waals surface area contributed by atoms with E-state index in [0.29, 0.717) is 0 Å². The van der Waals surface area contributed by atoms with Crippen LogP contribution in [0.15, 0.2) is 5.10 Å². The Bertz CT molecular complexity index is 178. The predicted octanol–water partition coefficient (Wildman–Crippen LogP) is 0.645. The first-order valence-corrected chi connectivity index (χ1v) is 2.98. The number of hydrogen-bond donors (Lipinski definition) is 1. The first-order valence-electron chi connectivity index (χ1n) is 2.98. The van der Waals surface area contributed by atoms with Gasteiger partial charge in [-0.2, -0.15) is 13.2 Å². The zero-order chi connectivity index (χ0) is 9.61. The Balaban J connectivity index is 3.72. The lowest BCUT2D eigenvalue weighted by atomic mass is 10.6. The molecule has 0 aliphatic heterocycles. The zero-order valence-corrected chi connectivity index (χ0v) is 6.18. The van der Waals surface area contributed by atoms with Crippen LogP contribution < -0.4 is 5.43 Å². The predicted molar refractivity (Wildman–Crippen MR) is 34.3 cm³/mol. The molecule has 0 spiro atoms. The average molecular weight is 184 g/mol. The summed E-state index contributed by atoms with van der Waals surface area (Å²) in [4.78, 5) is 10.0. The van der Waals surface area contributed by atoms with Gasteiger partial charge in [-0.15, -0.1) is 5.10 Å². The number of hydrazone groups is 1. The van der Waals surface area contributed by atoms with Crippen molar-refractivity contribution in [2.24, 2.45) is 5.10 Å². The van der Waals surface area contributed by atoms with Crippen molar-refractivity contribution < 1.29 is 22.7 Å². The maximum absolute atomic E-state index is 11.4. The smallest absolute Gasteiger partial charge is 0.473 e. The summed E-state index contributed by atoms with van der Waals surface area (Å²) in [5.74, 6) is -2.13. The molecule has 0 rings (SSSR count). The summed E-state index contributed by atoms with van der Waals surface area (Å²) in [5.41, 5.74) is 1.24. The van der Waals surface area contributed by atoms with Gasteiger partial charge in [0.25, 0.3) is 0 Å². The van der Waals surface area contributed by atoms with Gasteiger partial charge in [-0.1, -0.05) is 0 Å². The lowest BCUT2D eigenvalue weighted by molar-refractivity contribution is -0.173. The second-order valence-electron chi connectivity index (χ2n) is 1.63. The summed E-state index contributed by atoms with van der Waals surface area (Å²) in [6.45, 7) is 1.89. The van der Waals surface area contributed by atoms with Crippen molar-refractivity contribution in [3.8, 4) is 0 Å².